The van der Waals surface area contributed by atoms with E-state index in [2.05, 4.69) is 25.6 Å². The van der Waals surface area contributed by atoms with Crippen molar-refractivity contribution in [2.45, 2.75) is 6.10 Å². The predicted molar refractivity (Wildman–Crippen MR) is 60.3 cm³/mol. The monoisotopic (exact) mass is 270 g/mol. The number of nitrogens with zero attached hydrogens (tertiary/aromatic N) is 4. The van der Waals surface area contributed by atoms with Gasteiger partial charge in [0.1, 0.15) is 11.8 Å². The Hall–Kier alpha value is -1.91. The number of primary sulfonamides is 1. The van der Waals surface area contributed by atoms with Gasteiger partial charge in [0.25, 0.3) is 0 Å². The molecule has 18 heavy (non-hydrogen) atoms. The molecule has 9 nitrogen and oxygen atoms in total. The number of aliphatic hydroxyl groups excluding tert-OH is 1. The lowest BCUT2D eigenvalue weighted by molar-refractivity contribution is 0.197. The van der Waals surface area contributed by atoms with E-state index in [9.17, 15) is 13.5 Å². The molecule has 0 aliphatic carbocycles. The zero-order valence-electron chi connectivity index (χ0n) is 9.05. The van der Waals surface area contributed by atoms with Gasteiger partial charge < -0.3 is 5.11 Å². The molecule has 1 unspecified atom stereocenters. The minimum atomic E-state index is -3.78. The van der Waals surface area contributed by atoms with Crippen molar-refractivity contribution >= 4 is 10.0 Å². The molecule has 2 rings (SSSR count). The molecular weight excluding hydrogens is 260 g/mol. The Balaban J connectivity index is 2.28. The zero-order valence-corrected chi connectivity index (χ0v) is 9.87. The standard InChI is InChI=1S/C8H10N6O3S/c9-18(16,17)4-7(15)5-2-1-3-6(10-5)8-11-13-14-12-8/h1-3,7,15H,4H2,(H2,9,16,17)(H,11,12,13,14). The number of sulfonamides is 1. The first-order valence-corrected chi connectivity index (χ1v) is 6.57. The summed E-state index contributed by atoms with van der Waals surface area (Å²) in [5.41, 5.74) is 0.573. The second-order valence-electron chi connectivity index (χ2n) is 3.54. The molecule has 1 atom stereocenters. The molecule has 0 amide bonds. The molecule has 0 spiro atoms. The number of aliphatic hydroxyl groups is 1. The number of hydrogen-bond acceptors (Lipinski definition) is 7. The van der Waals surface area contributed by atoms with Crippen molar-refractivity contribution in [2.75, 3.05) is 5.75 Å². The Morgan fingerprint density at radius 1 is 1.44 bits per heavy atom. The third kappa shape index (κ3) is 3.06. The fraction of sp³-hybridized carbons (Fsp3) is 0.250. The van der Waals surface area contributed by atoms with Crippen molar-refractivity contribution < 1.29 is 13.5 Å². The Bertz CT molecular complexity index is 626. The van der Waals surface area contributed by atoms with Crippen molar-refractivity contribution in [2.24, 2.45) is 5.14 Å². The van der Waals surface area contributed by atoms with E-state index < -0.39 is 21.9 Å². The average Bonchev–Trinajstić information content (AvgIpc) is 2.80. The van der Waals surface area contributed by atoms with E-state index in [0.717, 1.165) is 0 Å². The van der Waals surface area contributed by atoms with Crippen LogP contribution in [0.2, 0.25) is 0 Å². The minimum absolute atomic E-state index is 0.179. The summed E-state index contributed by atoms with van der Waals surface area (Å²) in [5.74, 6) is -0.280. The van der Waals surface area contributed by atoms with Crippen LogP contribution in [0, 0.1) is 0 Å². The minimum Gasteiger partial charge on any atom is -0.386 e. The van der Waals surface area contributed by atoms with Crippen LogP contribution in [0.3, 0.4) is 0 Å². The highest BCUT2D eigenvalue weighted by Crippen LogP contribution is 2.16. The lowest BCUT2D eigenvalue weighted by atomic mass is 10.2. The Morgan fingerprint density at radius 3 is 2.83 bits per heavy atom. The van der Waals surface area contributed by atoms with Gasteiger partial charge in [-0.25, -0.2) is 23.6 Å². The molecular formula is C8H10N6O3S. The molecule has 0 bridgehead atoms. The molecule has 2 aromatic heterocycles. The van der Waals surface area contributed by atoms with Crippen LogP contribution < -0.4 is 5.14 Å². The average molecular weight is 270 g/mol. The number of H-pyrrole nitrogens is 1. The van der Waals surface area contributed by atoms with Crippen molar-refractivity contribution in [1.82, 2.24) is 25.6 Å². The van der Waals surface area contributed by atoms with Crippen molar-refractivity contribution in [3.05, 3.63) is 23.9 Å². The van der Waals surface area contributed by atoms with Crippen LogP contribution in [0.1, 0.15) is 11.8 Å². The van der Waals surface area contributed by atoms with Crippen molar-refractivity contribution in [3.8, 4) is 11.5 Å². The Kier molecular flexibility index (Phi) is 3.32. The van der Waals surface area contributed by atoms with Gasteiger partial charge in [-0.15, -0.1) is 5.10 Å². The molecule has 10 heteroatoms. The molecule has 0 aliphatic rings. The lowest BCUT2D eigenvalue weighted by Gasteiger charge is -2.08. The summed E-state index contributed by atoms with van der Waals surface area (Å²) in [6.45, 7) is 0. The van der Waals surface area contributed by atoms with Crippen LogP contribution in [0.4, 0.5) is 0 Å². The number of aromatic amines is 1. The third-order valence-corrected chi connectivity index (χ3v) is 2.87. The van der Waals surface area contributed by atoms with Gasteiger partial charge >= 0.3 is 0 Å². The van der Waals surface area contributed by atoms with Crippen LogP contribution in [-0.4, -0.2) is 44.9 Å². The van der Waals surface area contributed by atoms with Gasteiger partial charge in [0.05, 0.1) is 11.4 Å². The number of hydrogen-bond donors (Lipinski definition) is 3. The van der Waals surface area contributed by atoms with E-state index in [0.29, 0.717) is 11.5 Å². The molecule has 4 N–H and O–H groups in total. The van der Waals surface area contributed by atoms with E-state index in [1.165, 1.54) is 6.07 Å². The highest BCUT2D eigenvalue weighted by atomic mass is 32.2. The fourth-order valence-electron chi connectivity index (χ4n) is 1.34. The molecule has 0 aliphatic heterocycles. The summed E-state index contributed by atoms with van der Waals surface area (Å²) in [7, 11) is -3.78. The molecule has 0 radical (unpaired) electrons. The summed E-state index contributed by atoms with van der Waals surface area (Å²) in [4.78, 5) is 4.06. The van der Waals surface area contributed by atoms with Gasteiger partial charge in [-0.1, -0.05) is 6.07 Å². The Labute approximate surface area is 102 Å². The van der Waals surface area contributed by atoms with E-state index in [-0.39, 0.29) is 5.69 Å². The van der Waals surface area contributed by atoms with Crippen LogP contribution in [-0.2, 0) is 10.0 Å². The normalized spacial score (nSPS) is 13.4. The molecule has 2 aromatic rings. The van der Waals surface area contributed by atoms with E-state index in [1.807, 2.05) is 0 Å². The number of pyridine rings is 1. The fourth-order valence-corrected chi connectivity index (χ4v) is 1.95. The van der Waals surface area contributed by atoms with Crippen LogP contribution >= 0.6 is 0 Å². The van der Waals surface area contributed by atoms with Crippen molar-refractivity contribution in [3.63, 3.8) is 0 Å². The number of aromatic nitrogens is 5. The Morgan fingerprint density at radius 2 is 2.22 bits per heavy atom. The molecule has 0 saturated heterocycles. The van der Waals surface area contributed by atoms with Crippen molar-refractivity contribution in [1.29, 1.82) is 0 Å². The first-order chi connectivity index (χ1) is 8.46. The SMILES string of the molecule is NS(=O)(=O)CC(O)c1cccc(-c2nnn[nH]2)n1. The van der Waals surface area contributed by atoms with Crippen LogP contribution in [0.25, 0.3) is 11.5 Å². The highest BCUT2D eigenvalue weighted by Gasteiger charge is 2.17. The quantitative estimate of drug-likeness (QED) is 0.617. The van der Waals surface area contributed by atoms with Gasteiger partial charge in [-0.2, -0.15) is 0 Å². The summed E-state index contributed by atoms with van der Waals surface area (Å²) in [6, 6.07) is 4.71. The number of nitrogens with two attached hydrogens (primary N) is 1. The summed E-state index contributed by atoms with van der Waals surface area (Å²) in [6.07, 6.45) is -1.30. The number of tetrazole rings is 1. The van der Waals surface area contributed by atoms with Gasteiger partial charge in [0.2, 0.25) is 10.0 Å². The molecule has 2 heterocycles. The lowest BCUT2D eigenvalue weighted by Crippen LogP contribution is -2.22. The molecule has 0 fully saturated rings. The second-order valence-corrected chi connectivity index (χ2v) is 5.20. The predicted octanol–water partition coefficient (Wildman–Crippen LogP) is -1.42. The van der Waals surface area contributed by atoms with Gasteiger partial charge in [-0.3, -0.25) is 0 Å². The van der Waals surface area contributed by atoms with Gasteiger partial charge in [-0.05, 0) is 22.6 Å². The molecule has 96 valence electrons. The third-order valence-electron chi connectivity index (χ3n) is 2.09. The maximum Gasteiger partial charge on any atom is 0.212 e. The topological polar surface area (TPSA) is 148 Å². The van der Waals surface area contributed by atoms with Gasteiger partial charge in [0.15, 0.2) is 5.82 Å². The maximum atomic E-state index is 10.9. The maximum absolute atomic E-state index is 10.9. The molecule has 0 saturated carbocycles. The summed E-state index contributed by atoms with van der Waals surface area (Å²) < 4.78 is 21.8. The molecule has 0 aromatic carbocycles. The summed E-state index contributed by atoms with van der Waals surface area (Å²) in [5, 5.41) is 27.5. The second kappa shape index (κ2) is 4.76. The number of rotatable bonds is 4. The first-order valence-electron chi connectivity index (χ1n) is 4.85. The largest absolute Gasteiger partial charge is 0.386 e. The van der Waals surface area contributed by atoms with Crippen LogP contribution in [0.5, 0.6) is 0 Å². The van der Waals surface area contributed by atoms with Crippen LogP contribution in [0.15, 0.2) is 18.2 Å². The number of nitrogens with one attached hydrogen (secondary N) is 1. The van der Waals surface area contributed by atoms with E-state index in [4.69, 9.17) is 5.14 Å². The summed E-state index contributed by atoms with van der Waals surface area (Å²) >= 11 is 0. The smallest absolute Gasteiger partial charge is 0.212 e. The van der Waals surface area contributed by atoms with E-state index in [1.54, 1.807) is 12.1 Å². The zero-order chi connectivity index (χ0) is 13.2. The van der Waals surface area contributed by atoms with Gasteiger partial charge in [0, 0.05) is 0 Å². The van der Waals surface area contributed by atoms with E-state index >= 15 is 0 Å². The first kappa shape index (κ1) is 12.5. The highest BCUT2D eigenvalue weighted by molar-refractivity contribution is 7.89.